The molecule has 0 aliphatic heterocycles. The Bertz CT molecular complexity index is 77.0. The van der Waals surface area contributed by atoms with Gasteiger partial charge in [-0.2, -0.15) is 0 Å². The molecular formula is C5H16O3Si2. The summed E-state index contributed by atoms with van der Waals surface area (Å²) in [5.74, 6) is 0.467. The summed E-state index contributed by atoms with van der Waals surface area (Å²) in [6.07, 6.45) is 0. The SMILES string of the molecule is CC(C)C[SiH](O)O[SiH](C)O. The first-order valence-corrected chi connectivity index (χ1v) is 7.48. The van der Waals surface area contributed by atoms with Gasteiger partial charge in [0.2, 0.25) is 0 Å². The molecule has 0 aliphatic carbocycles. The maximum atomic E-state index is 9.18. The predicted octanol–water partition coefficient (Wildman–Crippen LogP) is -0.286. The van der Waals surface area contributed by atoms with E-state index in [1.54, 1.807) is 6.55 Å². The molecule has 0 fully saturated rings. The monoisotopic (exact) mass is 180 g/mol. The summed E-state index contributed by atoms with van der Waals surface area (Å²) in [6, 6.07) is 0.734. The van der Waals surface area contributed by atoms with Gasteiger partial charge in [0.25, 0.3) is 0 Å². The average molecular weight is 180 g/mol. The van der Waals surface area contributed by atoms with E-state index < -0.39 is 18.6 Å². The maximum absolute atomic E-state index is 9.18. The molecule has 10 heavy (non-hydrogen) atoms. The van der Waals surface area contributed by atoms with Gasteiger partial charge in [0, 0.05) is 0 Å². The zero-order valence-corrected chi connectivity index (χ0v) is 9.05. The molecule has 62 valence electrons. The van der Waals surface area contributed by atoms with E-state index in [2.05, 4.69) is 0 Å². The van der Waals surface area contributed by atoms with Crippen molar-refractivity contribution >= 4 is 18.6 Å². The second kappa shape index (κ2) is 5.03. The molecule has 2 N–H and O–H groups in total. The summed E-state index contributed by atoms with van der Waals surface area (Å²) < 4.78 is 4.95. The molecule has 0 spiro atoms. The van der Waals surface area contributed by atoms with Crippen LogP contribution in [-0.2, 0) is 4.12 Å². The van der Waals surface area contributed by atoms with Crippen molar-refractivity contribution < 1.29 is 13.7 Å². The standard InChI is InChI=1S/C5H16O3Si2/c1-5(2)4-10(7)8-9(3)6/h5-7,9-10H,4H2,1-3H3. The van der Waals surface area contributed by atoms with Crippen LogP contribution in [-0.4, -0.2) is 28.2 Å². The van der Waals surface area contributed by atoms with E-state index in [9.17, 15) is 4.80 Å². The molecule has 0 aromatic carbocycles. The van der Waals surface area contributed by atoms with Crippen molar-refractivity contribution in [1.29, 1.82) is 0 Å². The number of hydrogen-bond acceptors (Lipinski definition) is 3. The van der Waals surface area contributed by atoms with E-state index in [0.29, 0.717) is 5.92 Å². The van der Waals surface area contributed by atoms with E-state index in [1.165, 1.54) is 0 Å². The highest BCUT2D eigenvalue weighted by molar-refractivity contribution is 6.56. The lowest BCUT2D eigenvalue weighted by molar-refractivity contribution is 0.354. The minimum Gasteiger partial charge on any atom is -0.419 e. The molecule has 0 rings (SSSR count). The second-order valence-electron chi connectivity index (χ2n) is 2.82. The molecule has 2 atom stereocenters. The highest BCUT2D eigenvalue weighted by Gasteiger charge is 2.13. The van der Waals surface area contributed by atoms with Crippen molar-refractivity contribution in [2.75, 3.05) is 0 Å². The van der Waals surface area contributed by atoms with Crippen molar-refractivity contribution in [3.05, 3.63) is 0 Å². The Kier molecular flexibility index (Phi) is 5.19. The first kappa shape index (κ1) is 10.3. The fraction of sp³-hybridized carbons (Fsp3) is 1.00. The lowest BCUT2D eigenvalue weighted by atomic mass is 10.3. The zero-order chi connectivity index (χ0) is 8.15. The summed E-state index contributed by atoms with van der Waals surface area (Å²) in [4.78, 5) is 18.0. The highest BCUT2D eigenvalue weighted by atomic mass is 28.4. The van der Waals surface area contributed by atoms with Gasteiger partial charge in [-0.25, -0.2) is 0 Å². The van der Waals surface area contributed by atoms with Gasteiger partial charge in [-0.15, -0.1) is 0 Å². The Morgan fingerprint density at radius 3 is 2.20 bits per heavy atom. The molecule has 0 aromatic heterocycles. The topological polar surface area (TPSA) is 49.7 Å². The van der Waals surface area contributed by atoms with E-state index in [1.807, 2.05) is 13.8 Å². The molecule has 0 heterocycles. The quantitative estimate of drug-likeness (QED) is 0.585. The Hall–Kier alpha value is 0.314. The fourth-order valence-electron chi connectivity index (χ4n) is 0.686. The van der Waals surface area contributed by atoms with Crippen LogP contribution in [0.1, 0.15) is 13.8 Å². The smallest absolute Gasteiger partial charge is 0.309 e. The first-order chi connectivity index (χ1) is 4.52. The molecule has 0 bridgehead atoms. The van der Waals surface area contributed by atoms with Gasteiger partial charge in [-0.05, 0) is 18.5 Å². The summed E-state index contributed by atoms with van der Waals surface area (Å²) in [5, 5.41) is 0. The van der Waals surface area contributed by atoms with Gasteiger partial charge in [0.15, 0.2) is 0 Å². The zero-order valence-electron chi connectivity index (χ0n) is 6.74. The summed E-state index contributed by atoms with van der Waals surface area (Å²) in [7, 11) is -3.98. The number of hydrogen-bond donors (Lipinski definition) is 2. The van der Waals surface area contributed by atoms with Crippen molar-refractivity contribution in [2.45, 2.75) is 26.4 Å². The van der Waals surface area contributed by atoms with E-state index in [4.69, 9.17) is 8.91 Å². The van der Waals surface area contributed by atoms with E-state index in [0.717, 1.165) is 6.04 Å². The van der Waals surface area contributed by atoms with Crippen LogP contribution in [0.2, 0.25) is 12.6 Å². The van der Waals surface area contributed by atoms with Crippen LogP contribution in [0.5, 0.6) is 0 Å². The molecule has 0 aliphatic rings. The van der Waals surface area contributed by atoms with E-state index in [-0.39, 0.29) is 0 Å². The van der Waals surface area contributed by atoms with Gasteiger partial charge in [0.1, 0.15) is 0 Å². The lowest BCUT2D eigenvalue weighted by Gasteiger charge is -2.12. The molecular weight excluding hydrogens is 164 g/mol. The van der Waals surface area contributed by atoms with Crippen LogP contribution < -0.4 is 0 Å². The van der Waals surface area contributed by atoms with Crippen molar-refractivity contribution in [2.24, 2.45) is 5.92 Å². The Morgan fingerprint density at radius 1 is 1.40 bits per heavy atom. The van der Waals surface area contributed by atoms with Gasteiger partial charge >= 0.3 is 18.6 Å². The molecule has 0 saturated carbocycles. The minimum atomic E-state index is -2.01. The summed E-state index contributed by atoms with van der Waals surface area (Å²) in [6.45, 7) is 5.71. The van der Waals surface area contributed by atoms with E-state index >= 15 is 0 Å². The molecule has 0 amide bonds. The largest absolute Gasteiger partial charge is 0.419 e. The van der Waals surface area contributed by atoms with Crippen LogP contribution >= 0.6 is 0 Å². The second-order valence-corrected chi connectivity index (χ2v) is 6.49. The average Bonchev–Trinajstić information content (AvgIpc) is 1.58. The maximum Gasteiger partial charge on any atom is 0.309 e. The summed E-state index contributed by atoms with van der Waals surface area (Å²) >= 11 is 0. The first-order valence-electron chi connectivity index (χ1n) is 3.54. The Balaban J connectivity index is 3.34. The highest BCUT2D eigenvalue weighted by Crippen LogP contribution is 2.04. The Labute approximate surface area is 65.3 Å². The molecule has 0 radical (unpaired) electrons. The lowest BCUT2D eigenvalue weighted by Crippen LogP contribution is -2.27. The third-order valence-corrected chi connectivity index (χ3v) is 5.21. The van der Waals surface area contributed by atoms with Crippen molar-refractivity contribution in [3.8, 4) is 0 Å². The molecule has 3 nitrogen and oxygen atoms in total. The normalized spacial score (nSPS) is 17.4. The minimum absolute atomic E-state index is 0.467. The van der Waals surface area contributed by atoms with Gasteiger partial charge in [-0.3, -0.25) is 0 Å². The third kappa shape index (κ3) is 6.43. The molecule has 2 unspecified atom stereocenters. The van der Waals surface area contributed by atoms with Gasteiger partial charge < -0.3 is 13.7 Å². The van der Waals surface area contributed by atoms with Crippen LogP contribution in [0, 0.1) is 5.92 Å². The van der Waals surface area contributed by atoms with Crippen LogP contribution in [0.25, 0.3) is 0 Å². The Morgan fingerprint density at radius 2 is 1.90 bits per heavy atom. The molecule has 0 saturated heterocycles. The van der Waals surface area contributed by atoms with Crippen molar-refractivity contribution in [1.82, 2.24) is 0 Å². The molecule has 0 aromatic rings. The van der Waals surface area contributed by atoms with Crippen LogP contribution in [0.4, 0.5) is 0 Å². The number of rotatable bonds is 4. The van der Waals surface area contributed by atoms with Gasteiger partial charge in [-0.1, -0.05) is 13.8 Å². The molecule has 5 heteroatoms. The van der Waals surface area contributed by atoms with Gasteiger partial charge in [0.05, 0.1) is 0 Å². The fourth-order valence-corrected chi connectivity index (χ4v) is 3.76. The third-order valence-electron chi connectivity index (χ3n) is 1.03. The summed E-state index contributed by atoms with van der Waals surface area (Å²) in [5.41, 5.74) is 0. The van der Waals surface area contributed by atoms with Crippen molar-refractivity contribution in [3.63, 3.8) is 0 Å². The van der Waals surface area contributed by atoms with Crippen LogP contribution in [0.3, 0.4) is 0 Å². The predicted molar refractivity (Wildman–Crippen MR) is 45.3 cm³/mol. The van der Waals surface area contributed by atoms with Crippen LogP contribution in [0.15, 0.2) is 0 Å².